The van der Waals surface area contributed by atoms with E-state index in [0.717, 1.165) is 6.07 Å². The number of hydrogen-bond donors (Lipinski definition) is 3. The number of nitrogens with zero attached hydrogens (tertiary/aromatic N) is 1. The van der Waals surface area contributed by atoms with Crippen LogP contribution in [0.1, 0.15) is 16.8 Å². The Kier molecular flexibility index (Phi) is 5.61. The maximum Gasteiger partial charge on any atom is 0.326 e. The Morgan fingerprint density at radius 2 is 2.19 bits per heavy atom. The molecule has 0 aliphatic carbocycles. The molecule has 0 saturated carbocycles. The number of hydrogen-bond acceptors (Lipinski definition) is 6. The van der Waals surface area contributed by atoms with E-state index < -0.39 is 28.5 Å². The number of nitro benzene ring substituents is 1. The summed E-state index contributed by atoms with van der Waals surface area (Å²) in [5.74, 6) is -1.95. The van der Waals surface area contributed by atoms with Gasteiger partial charge in [-0.2, -0.15) is 0 Å². The smallest absolute Gasteiger partial charge is 0.326 e. The van der Waals surface area contributed by atoms with Gasteiger partial charge in [0.2, 0.25) is 0 Å². The minimum Gasteiger partial charge on any atom is -0.480 e. The van der Waals surface area contributed by atoms with E-state index in [2.05, 4.69) is 5.32 Å². The van der Waals surface area contributed by atoms with Gasteiger partial charge in [0, 0.05) is 31.8 Å². The van der Waals surface area contributed by atoms with Crippen molar-refractivity contribution in [2.75, 3.05) is 19.5 Å². The van der Waals surface area contributed by atoms with E-state index in [0.29, 0.717) is 0 Å². The van der Waals surface area contributed by atoms with Crippen LogP contribution in [-0.2, 0) is 9.53 Å². The molecule has 4 N–H and O–H groups in total. The van der Waals surface area contributed by atoms with Crippen LogP contribution < -0.4 is 11.1 Å². The topological polar surface area (TPSA) is 145 Å². The SMILES string of the molecule is COCCC(NC(=O)c1ccc(N)c([N+](=O)[O-])c1)C(=O)O. The predicted octanol–water partition coefficient (Wildman–Crippen LogP) is 0.397. The summed E-state index contributed by atoms with van der Waals surface area (Å²) in [6.07, 6.45) is 0.0780. The third-order valence-electron chi connectivity index (χ3n) is 2.70. The summed E-state index contributed by atoms with van der Waals surface area (Å²) < 4.78 is 4.76. The van der Waals surface area contributed by atoms with Crippen LogP contribution in [0.5, 0.6) is 0 Å². The Hall–Kier alpha value is -2.68. The zero-order chi connectivity index (χ0) is 16.0. The maximum absolute atomic E-state index is 11.9. The first-order valence-electron chi connectivity index (χ1n) is 5.93. The number of nitro groups is 1. The third kappa shape index (κ3) is 4.42. The average molecular weight is 297 g/mol. The van der Waals surface area contributed by atoms with Crippen molar-refractivity contribution in [2.45, 2.75) is 12.5 Å². The number of ether oxygens (including phenoxy) is 1. The van der Waals surface area contributed by atoms with Gasteiger partial charge in [-0.05, 0) is 12.1 Å². The summed E-state index contributed by atoms with van der Waals surface area (Å²) in [5.41, 5.74) is 4.89. The lowest BCUT2D eigenvalue weighted by molar-refractivity contribution is -0.383. The van der Waals surface area contributed by atoms with Crippen molar-refractivity contribution in [2.24, 2.45) is 0 Å². The van der Waals surface area contributed by atoms with Gasteiger partial charge in [-0.15, -0.1) is 0 Å². The zero-order valence-electron chi connectivity index (χ0n) is 11.2. The third-order valence-corrected chi connectivity index (χ3v) is 2.70. The minimum atomic E-state index is -1.22. The number of carboxylic acid groups (broad SMARTS) is 1. The van der Waals surface area contributed by atoms with Crippen LogP contribution in [0.4, 0.5) is 11.4 Å². The second-order valence-electron chi connectivity index (χ2n) is 4.18. The number of nitrogens with one attached hydrogen (secondary N) is 1. The average Bonchev–Trinajstić information content (AvgIpc) is 2.42. The van der Waals surface area contributed by atoms with Crippen molar-refractivity contribution in [1.82, 2.24) is 5.32 Å². The highest BCUT2D eigenvalue weighted by Gasteiger charge is 2.22. The standard InChI is InChI=1S/C12H15N3O6/c1-21-5-4-9(12(17)18)14-11(16)7-2-3-8(13)10(6-7)15(19)20/h2-3,6,9H,4-5,13H2,1H3,(H,14,16)(H,17,18). The molecule has 1 aromatic carbocycles. The number of rotatable bonds is 7. The summed E-state index contributed by atoms with van der Waals surface area (Å²) >= 11 is 0. The van der Waals surface area contributed by atoms with E-state index in [9.17, 15) is 19.7 Å². The van der Waals surface area contributed by atoms with E-state index in [-0.39, 0.29) is 24.3 Å². The summed E-state index contributed by atoms with van der Waals surface area (Å²) in [5, 5.41) is 22.0. The van der Waals surface area contributed by atoms with Gasteiger partial charge in [0.1, 0.15) is 11.7 Å². The quantitative estimate of drug-likeness (QED) is 0.375. The van der Waals surface area contributed by atoms with Crippen LogP contribution in [0.25, 0.3) is 0 Å². The second kappa shape index (κ2) is 7.20. The molecule has 1 aromatic rings. The summed E-state index contributed by atoms with van der Waals surface area (Å²) in [6, 6.07) is 2.36. The fourth-order valence-electron chi connectivity index (χ4n) is 1.58. The van der Waals surface area contributed by atoms with Crippen molar-refractivity contribution >= 4 is 23.3 Å². The van der Waals surface area contributed by atoms with Gasteiger partial charge in [0.05, 0.1) is 4.92 Å². The van der Waals surface area contributed by atoms with Crippen molar-refractivity contribution in [3.8, 4) is 0 Å². The van der Waals surface area contributed by atoms with Gasteiger partial charge in [-0.1, -0.05) is 0 Å². The summed E-state index contributed by atoms with van der Waals surface area (Å²) in [7, 11) is 1.41. The molecule has 1 amide bonds. The van der Waals surface area contributed by atoms with E-state index in [1.807, 2.05) is 0 Å². The van der Waals surface area contributed by atoms with Crippen LogP contribution in [-0.4, -0.2) is 41.7 Å². The van der Waals surface area contributed by atoms with E-state index in [1.54, 1.807) is 0 Å². The van der Waals surface area contributed by atoms with E-state index >= 15 is 0 Å². The number of carboxylic acids is 1. The van der Waals surface area contributed by atoms with Gasteiger partial charge in [-0.25, -0.2) is 4.79 Å². The molecule has 0 heterocycles. The van der Waals surface area contributed by atoms with Crippen LogP contribution in [0.2, 0.25) is 0 Å². The van der Waals surface area contributed by atoms with Crippen LogP contribution in [0.15, 0.2) is 18.2 Å². The molecule has 1 atom stereocenters. The van der Waals surface area contributed by atoms with Gasteiger partial charge >= 0.3 is 5.97 Å². The lowest BCUT2D eigenvalue weighted by Gasteiger charge is -2.14. The first-order chi connectivity index (χ1) is 9.86. The largest absolute Gasteiger partial charge is 0.480 e. The van der Waals surface area contributed by atoms with E-state index in [4.69, 9.17) is 15.6 Å². The monoisotopic (exact) mass is 297 g/mol. The first kappa shape index (κ1) is 16.4. The molecule has 0 bridgehead atoms. The Bertz CT molecular complexity index is 560. The minimum absolute atomic E-state index is 0.0421. The second-order valence-corrected chi connectivity index (χ2v) is 4.18. The number of methoxy groups -OCH3 is 1. The molecule has 0 spiro atoms. The van der Waals surface area contributed by atoms with Gasteiger partial charge in [-0.3, -0.25) is 14.9 Å². The van der Waals surface area contributed by atoms with Gasteiger partial charge in [0.15, 0.2) is 0 Å². The number of carbonyl (C=O) groups excluding carboxylic acids is 1. The van der Waals surface area contributed by atoms with E-state index in [1.165, 1.54) is 19.2 Å². The molecule has 1 rings (SSSR count). The maximum atomic E-state index is 11.9. The number of benzene rings is 1. The fraction of sp³-hybridized carbons (Fsp3) is 0.333. The molecular weight excluding hydrogens is 282 g/mol. The van der Waals surface area contributed by atoms with Gasteiger partial charge < -0.3 is 20.9 Å². The number of anilines is 1. The Balaban J connectivity index is 2.90. The molecule has 0 aliphatic rings. The van der Waals surface area contributed by atoms with Crippen LogP contribution >= 0.6 is 0 Å². The normalized spacial score (nSPS) is 11.7. The summed E-state index contributed by atoms with van der Waals surface area (Å²) in [6.45, 7) is 0.152. The number of amides is 1. The molecule has 9 heteroatoms. The molecule has 21 heavy (non-hydrogen) atoms. The van der Waals surface area contributed by atoms with Gasteiger partial charge in [0.25, 0.3) is 11.6 Å². The highest BCUT2D eigenvalue weighted by atomic mass is 16.6. The molecule has 0 aliphatic heterocycles. The highest BCUT2D eigenvalue weighted by Crippen LogP contribution is 2.22. The molecule has 0 saturated heterocycles. The number of nitrogens with two attached hydrogens (primary N) is 1. The lowest BCUT2D eigenvalue weighted by atomic mass is 10.1. The van der Waals surface area contributed by atoms with Crippen molar-refractivity contribution in [3.05, 3.63) is 33.9 Å². The molecule has 0 radical (unpaired) electrons. The molecule has 114 valence electrons. The highest BCUT2D eigenvalue weighted by molar-refractivity contribution is 5.97. The number of nitrogen functional groups attached to an aromatic ring is 1. The first-order valence-corrected chi connectivity index (χ1v) is 5.93. The fourth-order valence-corrected chi connectivity index (χ4v) is 1.58. The molecule has 1 unspecified atom stereocenters. The summed E-state index contributed by atoms with van der Waals surface area (Å²) in [4.78, 5) is 33.0. The van der Waals surface area contributed by atoms with Crippen LogP contribution in [0, 0.1) is 10.1 Å². The lowest BCUT2D eigenvalue weighted by Crippen LogP contribution is -2.41. The molecular formula is C12H15N3O6. The van der Waals surface area contributed by atoms with Crippen molar-refractivity contribution in [3.63, 3.8) is 0 Å². The number of carbonyl (C=O) groups is 2. The Morgan fingerprint density at radius 3 is 2.71 bits per heavy atom. The number of aliphatic carboxylic acids is 1. The Morgan fingerprint density at radius 1 is 1.52 bits per heavy atom. The molecule has 0 fully saturated rings. The van der Waals surface area contributed by atoms with Crippen molar-refractivity contribution < 1.29 is 24.4 Å². The predicted molar refractivity (Wildman–Crippen MR) is 72.9 cm³/mol. The molecule has 0 aromatic heterocycles. The zero-order valence-corrected chi connectivity index (χ0v) is 11.2. The van der Waals surface area contributed by atoms with Crippen LogP contribution in [0.3, 0.4) is 0 Å². The Labute approximate surface area is 119 Å². The molecule has 9 nitrogen and oxygen atoms in total. The van der Waals surface area contributed by atoms with Crippen molar-refractivity contribution in [1.29, 1.82) is 0 Å².